The fourth-order valence-corrected chi connectivity index (χ4v) is 2.58. The van der Waals surface area contributed by atoms with Crippen LogP contribution in [0.25, 0.3) is 0 Å². The predicted molar refractivity (Wildman–Crippen MR) is 78.7 cm³/mol. The number of rotatable bonds is 4. The van der Waals surface area contributed by atoms with Crippen LogP contribution in [0.4, 0.5) is 8.78 Å². The third-order valence-corrected chi connectivity index (χ3v) is 3.87. The van der Waals surface area contributed by atoms with E-state index in [-0.39, 0.29) is 23.8 Å². The first-order valence-electron chi connectivity index (χ1n) is 7.48. The van der Waals surface area contributed by atoms with Crippen LogP contribution in [-0.2, 0) is 6.54 Å². The topological polar surface area (TPSA) is 71.8 Å². The van der Waals surface area contributed by atoms with Gasteiger partial charge >= 0.3 is 0 Å². The summed E-state index contributed by atoms with van der Waals surface area (Å²) in [4.78, 5) is 12.1. The molecule has 2 heterocycles. The molecule has 0 aliphatic carbocycles. The minimum Gasteiger partial charge on any atom is -0.346 e. The zero-order chi connectivity index (χ0) is 16.2. The quantitative estimate of drug-likeness (QED) is 0.893. The summed E-state index contributed by atoms with van der Waals surface area (Å²) in [6.07, 6.45) is 3.45. The van der Waals surface area contributed by atoms with Gasteiger partial charge in [0.1, 0.15) is 11.6 Å². The fourth-order valence-electron chi connectivity index (χ4n) is 2.58. The van der Waals surface area contributed by atoms with E-state index in [1.807, 2.05) is 0 Å². The maximum absolute atomic E-state index is 13.5. The van der Waals surface area contributed by atoms with E-state index in [1.54, 1.807) is 10.9 Å². The molecular formula is C15H17F2N5O. The smallest absolute Gasteiger partial charge is 0.273 e. The van der Waals surface area contributed by atoms with Crippen molar-refractivity contribution in [3.8, 4) is 0 Å². The van der Waals surface area contributed by atoms with Gasteiger partial charge in [0.25, 0.3) is 5.91 Å². The summed E-state index contributed by atoms with van der Waals surface area (Å²) < 4.78 is 28.3. The normalized spacial score (nSPS) is 15.6. The van der Waals surface area contributed by atoms with E-state index in [0.717, 1.165) is 44.1 Å². The van der Waals surface area contributed by atoms with Crippen LogP contribution in [0, 0.1) is 11.6 Å². The largest absolute Gasteiger partial charge is 0.346 e. The predicted octanol–water partition coefficient (Wildman–Crippen LogP) is 1.41. The lowest BCUT2D eigenvalue weighted by atomic mass is 10.1. The van der Waals surface area contributed by atoms with Gasteiger partial charge in [-0.25, -0.2) is 13.5 Å². The molecule has 0 spiro atoms. The van der Waals surface area contributed by atoms with Gasteiger partial charge in [0.15, 0.2) is 5.69 Å². The van der Waals surface area contributed by atoms with Crippen LogP contribution in [0.15, 0.2) is 24.4 Å². The first-order valence-corrected chi connectivity index (χ1v) is 7.48. The number of nitrogens with zero attached hydrogens (tertiary/aromatic N) is 3. The van der Waals surface area contributed by atoms with Gasteiger partial charge in [-0.15, -0.1) is 5.10 Å². The Balaban J connectivity index is 1.62. The molecule has 1 aromatic carbocycles. The molecule has 3 rings (SSSR count). The second-order valence-corrected chi connectivity index (χ2v) is 5.48. The minimum atomic E-state index is -0.565. The fraction of sp³-hybridized carbons (Fsp3) is 0.400. The van der Waals surface area contributed by atoms with E-state index < -0.39 is 17.5 Å². The number of piperidine rings is 1. The highest BCUT2D eigenvalue weighted by molar-refractivity contribution is 5.91. The van der Waals surface area contributed by atoms with Crippen molar-refractivity contribution in [3.63, 3.8) is 0 Å². The molecule has 1 amide bonds. The number of amides is 1. The molecule has 23 heavy (non-hydrogen) atoms. The van der Waals surface area contributed by atoms with Gasteiger partial charge in [-0.05, 0) is 44.1 Å². The molecule has 0 saturated carbocycles. The second-order valence-electron chi connectivity index (χ2n) is 5.48. The van der Waals surface area contributed by atoms with E-state index in [2.05, 4.69) is 20.9 Å². The van der Waals surface area contributed by atoms with Crippen LogP contribution >= 0.6 is 0 Å². The highest BCUT2D eigenvalue weighted by Crippen LogP contribution is 2.17. The first-order chi connectivity index (χ1) is 11.1. The number of hydrogen-bond donors (Lipinski definition) is 2. The van der Waals surface area contributed by atoms with Gasteiger partial charge in [0.05, 0.1) is 12.2 Å². The Morgan fingerprint density at radius 3 is 2.91 bits per heavy atom. The molecule has 2 aromatic rings. The summed E-state index contributed by atoms with van der Waals surface area (Å²) in [5.74, 6) is -1.58. The molecule has 0 unspecified atom stereocenters. The third-order valence-electron chi connectivity index (χ3n) is 3.87. The van der Waals surface area contributed by atoms with Gasteiger partial charge in [-0.3, -0.25) is 4.79 Å². The molecule has 6 nitrogen and oxygen atoms in total. The van der Waals surface area contributed by atoms with Gasteiger partial charge in [0, 0.05) is 12.1 Å². The van der Waals surface area contributed by atoms with Crippen LogP contribution in [0.5, 0.6) is 0 Å². The van der Waals surface area contributed by atoms with E-state index >= 15 is 0 Å². The maximum Gasteiger partial charge on any atom is 0.273 e. The highest BCUT2D eigenvalue weighted by Gasteiger charge is 2.18. The number of hydrogen-bond acceptors (Lipinski definition) is 4. The van der Waals surface area contributed by atoms with Gasteiger partial charge < -0.3 is 10.6 Å². The van der Waals surface area contributed by atoms with Crippen molar-refractivity contribution in [3.05, 3.63) is 47.3 Å². The Hall–Kier alpha value is -2.35. The van der Waals surface area contributed by atoms with E-state index in [0.29, 0.717) is 0 Å². The highest BCUT2D eigenvalue weighted by atomic mass is 19.1. The molecule has 8 heteroatoms. The molecule has 1 saturated heterocycles. The monoisotopic (exact) mass is 321 g/mol. The number of nitrogens with one attached hydrogen (secondary N) is 2. The number of carbonyl (C=O) groups is 1. The third kappa shape index (κ3) is 3.70. The summed E-state index contributed by atoms with van der Waals surface area (Å²) in [6, 6.07) is 3.35. The van der Waals surface area contributed by atoms with Crippen LogP contribution in [-0.4, -0.2) is 34.0 Å². The van der Waals surface area contributed by atoms with Crippen LogP contribution in [0.2, 0.25) is 0 Å². The first kappa shape index (κ1) is 15.5. The Morgan fingerprint density at radius 2 is 2.13 bits per heavy atom. The van der Waals surface area contributed by atoms with Crippen molar-refractivity contribution in [2.45, 2.75) is 25.4 Å². The van der Waals surface area contributed by atoms with E-state index in [9.17, 15) is 13.6 Å². The Labute approximate surface area is 131 Å². The number of carbonyl (C=O) groups excluding carboxylic acids is 1. The molecule has 122 valence electrons. The van der Waals surface area contributed by atoms with Crippen molar-refractivity contribution in [2.24, 2.45) is 0 Å². The average molecular weight is 321 g/mol. The summed E-state index contributed by atoms with van der Waals surface area (Å²) in [6.45, 7) is 1.71. The van der Waals surface area contributed by atoms with Gasteiger partial charge in [-0.2, -0.15) is 0 Å². The molecule has 1 fully saturated rings. The molecule has 0 radical (unpaired) electrons. The lowest BCUT2D eigenvalue weighted by Crippen LogP contribution is -2.29. The average Bonchev–Trinajstić information content (AvgIpc) is 3.06. The molecule has 0 bridgehead atoms. The SMILES string of the molecule is O=C(NCc1cc(F)ccc1F)c1cn(C2CCNCC2)nn1. The molecule has 1 aliphatic heterocycles. The van der Waals surface area contributed by atoms with Gasteiger partial charge in [-0.1, -0.05) is 5.21 Å². The maximum atomic E-state index is 13.5. The van der Waals surface area contributed by atoms with Crippen molar-refractivity contribution in [1.29, 1.82) is 0 Å². The number of halogens is 2. The lowest BCUT2D eigenvalue weighted by molar-refractivity contribution is 0.0945. The molecule has 1 aromatic heterocycles. The molecule has 1 aliphatic rings. The number of benzene rings is 1. The molecule has 2 N–H and O–H groups in total. The standard InChI is InChI=1S/C15H17F2N5O/c16-11-1-2-13(17)10(7-11)8-19-15(23)14-9-22(21-20-14)12-3-5-18-6-4-12/h1-2,7,9,12,18H,3-6,8H2,(H,19,23). The van der Waals surface area contributed by atoms with Crippen molar-refractivity contribution in [2.75, 3.05) is 13.1 Å². The van der Waals surface area contributed by atoms with E-state index in [4.69, 9.17) is 0 Å². The summed E-state index contributed by atoms with van der Waals surface area (Å²) >= 11 is 0. The summed E-state index contributed by atoms with van der Waals surface area (Å²) in [5.41, 5.74) is 0.254. The number of aromatic nitrogens is 3. The summed E-state index contributed by atoms with van der Waals surface area (Å²) in [5, 5.41) is 13.6. The second kappa shape index (κ2) is 6.82. The van der Waals surface area contributed by atoms with Crippen LogP contribution < -0.4 is 10.6 Å². The van der Waals surface area contributed by atoms with Crippen LogP contribution in [0.3, 0.4) is 0 Å². The minimum absolute atomic E-state index is 0.0871. The summed E-state index contributed by atoms with van der Waals surface area (Å²) in [7, 11) is 0. The van der Waals surface area contributed by atoms with Crippen molar-refractivity contribution >= 4 is 5.91 Å². The Kier molecular flexibility index (Phi) is 4.61. The lowest BCUT2D eigenvalue weighted by Gasteiger charge is -2.22. The van der Waals surface area contributed by atoms with Gasteiger partial charge in [0.2, 0.25) is 0 Å². The Morgan fingerprint density at radius 1 is 1.35 bits per heavy atom. The molecular weight excluding hydrogens is 304 g/mol. The van der Waals surface area contributed by atoms with Crippen molar-refractivity contribution in [1.82, 2.24) is 25.6 Å². The zero-order valence-electron chi connectivity index (χ0n) is 12.4. The molecule has 0 atom stereocenters. The van der Waals surface area contributed by atoms with Crippen molar-refractivity contribution < 1.29 is 13.6 Å². The van der Waals surface area contributed by atoms with Crippen LogP contribution in [0.1, 0.15) is 34.9 Å². The Bertz CT molecular complexity index is 697. The zero-order valence-corrected chi connectivity index (χ0v) is 12.4. The van der Waals surface area contributed by atoms with E-state index in [1.165, 1.54) is 0 Å².